The average Bonchev–Trinajstić information content (AvgIpc) is 3.32. The van der Waals surface area contributed by atoms with Gasteiger partial charge in [0.15, 0.2) is 0 Å². The molecule has 6 nitrogen and oxygen atoms in total. The fraction of sp³-hybridized carbons (Fsp3) is 0.214. The molecule has 4 aromatic rings. The van der Waals surface area contributed by atoms with E-state index in [9.17, 15) is 14.0 Å². The quantitative estimate of drug-likeness (QED) is 0.344. The van der Waals surface area contributed by atoms with E-state index in [0.29, 0.717) is 27.7 Å². The van der Waals surface area contributed by atoms with Gasteiger partial charge < -0.3 is 5.32 Å². The highest BCUT2D eigenvalue weighted by Crippen LogP contribution is 2.27. The van der Waals surface area contributed by atoms with E-state index in [1.165, 1.54) is 23.5 Å². The molecule has 1 aromatic heterocycles. The third-order valence-electron chi connectivity index (χ3n) is 5.66. The zero-order valence-electron chi connectivity index (χ0n) is 20.3. The minimum atomic E-state index is -0.833. The van der Waals surface area contributed by atoms with Gasteiger partial charge in [0.25, 0.3) is 5.91 Å². The molecular weight excluding hydrogens is 475 g/mol. The van der Waals surface area contributed by atoms with E-state index in [0.717, 1.165) is 11.1 Å². The Balaban J connectivity index is 1.50. The number of hydrogen-bond acceptors (Lipinski definition) is 5. The topological polar surface area (TPSA) is 84.0 Å². The van der Waals surface area contributed by atoms with Crippen molar-refractivity contribution in [1.29, 1.82) is 0 Å². The molecule has 2 N–H and O–H groups in total. The molecule has 1 unspecified atom stereocenters. The van der Waals surface area contributed by atoms with Crippen LogP contribution in [0.4, 0.5) is 9.52 Å². The van der Waals surface area contributed by atoms with E-state index in [1.807, 2.05) is 42.5 Å². The maximum atomic E-state index is 13.2. The third-order valence-corrected chi connectivity index (χ3v) is 6.55. The third kappa shape index (κ3) is 6.40. The molecule has 1 atom stereocenters. The van der Waals surface area contributed by atoms with Crippen LogP contribution in [0.25, 0.3) is 10.6 Å². The lowest BCUT2D eigenvalue weighted by Gasteiger charge is -2.20. The first kappa shape index (κ1) is 25.2. The maximum absolute atomic E-state index is 13.2. The highest BCUT2D eigenvalue weighted by molar-refractivity contribution is 7.18. The van der Waals surface area contributed by atoms with Gasteiger partial charge in [-0.2, -0.15) is 0 Å². The van der Waals surface area contributed by atoms with Gasteiger partial charge in [0.1, 0.15) is 16.9 Å². The van der Waals surface area contributed by atoms with Gasteiger partial charge in [-0.05, 0) is 52.9 Å². The molecule has 0 radical (unpaired) electrons. The fourth-order valence-corrected chi connectivity index (χ4v) is 4.35. The van der Waals surface area contributed by atoms with Crippen LogP contribution >= 0.6 is 11.3 Å². The number of anilines is 1. The lowest BCUT2D eigenvalue weighted by molar-refractivity contribution is -0.118. The van der Waals surface area contributed by atoms with Crippen molar-refractivity contribution in [3.8, 4) is 10.6 Å². The number of nitrogens with one attached hydrogen (secondary N) is 2. The standard InChI is InChI=1S/C28H27FN4O2S/c1-28(2,3)21-13-9-19(10-14-21)24(34)30-23(17-18-7-5-4-6-8-18)25(35)31-27-33-32-26(36-27)20-11-15-22(29)16-12-20/h4-16,23H,17H2,1-3H3,(H,30,34)(H,31,33,35). The number of aromatic nitrogens is 2. The normalized spacial score (nSPS) is 12.1. The molecule has 0 saturated carbocycles. The molecule has 184 valence electrons. The van der Waals surface area contributed by atoms with Crippen LogP contribution in [-0.4, -0.2) is 28.1 Å². The number of amides is 2. The SMILES string of the molecule is CC(C)(C)c1ccc(C(=O)NC(Cc2ccccc2)C(=O)Nc2nnc(-c3ccc(F)cc3)s2)cc1. The van der Waals surface area contributed by atoms with Crippen molar-refractivity contribution in [2.24, 2.45) is 0 Å². The average molecular weight is 503 g/mol. The fourth-order valence-electron chi connectivity index (χ4n) is 3.60. The molecular formula is C28H27FN4O2S. The van der Waals surface area contributed by atoms with Crippen LogP contribution < -0.4 is 10.6 Å². The lowest BCUT2D eigenvalue weighted by atomic mass is 9.86. The number of halogens is 1. The Labute approximate surface area is 213 Å². The lowest BCUT2D eigenvalue weighted by Crippen LogP contribution is -2.45. The molecule has 36 heavy (non-hydrogen) atoms. The van der Waals surface area contributed by atoms with Crippen LogP contribution in [0.3, 0.4) is 0 Å². The zero-order chi connectivity index (χ0) is 25.7. The molecule has 0 fully saturated rings. The van der Waals surface area contributed by atoms with E-state index in [2.05, 4.69) is 41.6 Å². The zero-order valence-corrected chi connectivity index (χ0v) is 21.1. The predicted octanol–water partition coefficient (Wildman–Crippen LogP) is 5.62. The summed E-state index contributed by atoms with van der Waals surface area (Å²) in [7, 11) is 0. The van der Waals surface area contributed by atoms with Crippen molar-refractivity contribution in [1.82, 2.24) is 15.5 Å². The van der Waals surface area contributed by atoms with Gasteiger partial charge in [-0.3, -0.25) is 14.9 Å². The number of rotatable bonds is 7. The van der Waals surface area contributed by atoms with Gasteiger partial charge in [0.05, 0.1) is 0 Å². The number of carbonyl (C=O) groups excluding carboxylic acids is 2. The van der Waals surface area contributed by atoms with Gasteiger partial charge in [0, 0.05) is 17.5 Å². The Morgan fingerprint density at radius 2 is 1.58 bits per heavy atom. The monoisotopic (exact) mass is 502 g/mol. The van der Waals surface area contributed by atoms with Crippen molar-refractivity contribution >= 4 is 28.3 Å². The summed E-state index contributed by atoms with van der Waals surface area (Å²) in [6, 6.07) is 21.9. The molecule has 0 saturated heterocycles. The second kappa shape index (κ2) is 10.8. The van der Waals surface area contributed by atoms with Crippen molar-refractivity contribution in [2.75, 3.05) is 5.32 Å². The molecule has 3 aromatic carbocycles. The number of benzene rings is 3. The predicted molar refractivity (Wildman–Crippen MR) is 140 cm³/mol. The van der Waals surface area contributed by atoms with Crippen molar-refractivity contribution < 1.29 is 14.0 Å². The van der Waals surface area contributed by atoms with E-state index >= 15 is 0 Å². The minimum Gasteiger partial charge on any atom is -0.340 e. The van der Waals surface area contributed by atoms with E-state index in [-0.39, 0.29) is 17.1 Å². The highest BCUT2D eigenvalue weighted by atomic mass is 32.1. The Hall–Kier alpha value is -3.91. The van der Waals surface area contributed by atoms with Crippen LogP contribution in [0, 0.1) is 5.82 Å². The second-order valence-corrected chi connectivity index (χ2v) is 10.4. The minimum absolute atomic E-state index is 0.0285. The van der Waals surface area contributed by atoms with E-state index < -0.39 is 11.9 Å². The number of carbonyl (C=O) groups is 2. The molecule has 0 aliphatic carbocycles. The van der Waals surface area contributed by atoms with Crippen molar-refractivity contribution in [3.63, 3.8) is 0 Å². The summed E-state index contributed by atoms with van der Waals surface area (Å²) in [6.07, 6.45) is 0.308. The molecule has 1 heterocycles. The van der Waals surface area contributed by atoms with Crippen molar-refractivity contribution in [3.05, 3.63) is 101 Å². The molecule has 0 spiro atoms. The van der Waals surface area contributed by atoms with Gasteiger partial charge in [0.2, 0.25) is 11.0 Å². The first-order chi connectivity index (χ1) is 17.2. The molecule has 2 amide bonds. The molecule has 0 aliphatic heterocycles. The first-order valence-corrected chi connectivity index (χ1v) is 12.4. The van der Waals surface area contributed by atoms with Crippen LogP contribution in [0.1, 0.15) is 42.3 Å². The van der Waals surface area contributed by atoms with Gasteiger partial charge in [-0.15, -0.1) is 10.2 Å². The highest BCUT2D eigenvalue weighted by Gasteiger charge is 2.24. The summed E-state index contributed by atoms with van der Waals surface area (Å²) in [6.45, 7) is 6.33. The van der Waals surface area contributed by atoms with Crippen LogP contribution in [0.2, 0.25) is 0 Å². The van der Waals surface area contributed by atoms with Crippen LogP contribution in [0.5, 0.6) is 0 Å². The smallest absolute Gasteiger partial charge is 0.251 e. The summed E-state index contributed by atoms with van der Waals surface area (Å²) in [5.74, 6) is -1.08. The largest absolute Gasteiger partial charge is 0.340 e. The number of nitrogens with zero attached hydrogens (tertiary/aromatic N) is 2. The number of hydrogen-bond donors (Lipinski definition) is 2. The van der Waals surface area contributed by atoms with E-state index in [1.54, 1.807) is 24.3 Å². The van der Waals surface area contributed by atoms with Crippen LogP contribution in [-0.2, 0) is 16.6 Å². The summed E-state index contributed by atoms with van der Waals surface area (Å²) >= 11 is 1.17. The Morgan fingerprint density at radius 1 is 0.917 bits per heavy atom. The molecule has 0 bridgehead atoms. The van der Waals surface area contributed by atoms with E-state index in [4.69, 9.17) is 0 Å². The van der Waals surface area contributed by atoms with Crippen LogP contribution in [0.15, 0.2) is 78.9 Å². The summed E-state index contributed by atoms with van der Waals surface area (Å²) in [4.78, 5) is 26.3. The Morgan fingerprint density at radius 3 is 2.22 bits per heavy atom. The molecule has 0 aliphatic rings. The van der Waals surface area contributed by atoms with Gasteiger partial charge in [-0.1, -0.05) is 74.6 Å². The molecule has 8 heteroatoms. The second-order valence-electron chi connectivity index (χ2n) is 9.45. The summed E-state index contributed by atoms with van der Waals surface area (Å²) in [5.41, 5.74) is 3.17. The van der Waals surface area contributed by atoms with Crippen molar-refractivity contribution in [2.45, 2.75) is 38.6 Å². The Bertz CT molecular complexity index is 1330. The summed E-state index contributed by atoms with van der Waals surface area (Å²) < 4.78 is 13.2. The first-order valence-electron chi connectivity index (χ1n) is 11.5. The summed E-state index contributed by atoms with van der Waals surface area (Å²) in [5, 5.41) is 14.6. The Kier molecular flexibility index (Phi) is 7.55. The molecule has 4 rings (SSSR count). The van der Waals surface area contributed by atoms with Gasteiger partial charge in [-0.25, -0.2) is 4.39 Å². The maximum Gasteiger partial charge on any atom is 0.251 e. The van der Waals surface area contributed by atoms with Gasteiger partial charge >= 0.3 is 0 Å².